The molecular formula is C10H7Cl2N3S. The number of halogens is 2. The second-order valence-corrected chi connectivity index (χ2v) is 4.77. The Balaban J connectivity index is 2.34. The smallest absolute Gasteiger partial charge is 0.206 e. The van der Waals surface area contributed by atoms with E-state index in [-0.39, 0.29) is 10.4 Å². The van der Waals surface area contributed by atoms with Crippen molar-refractivity contribution in [2.45, 2.75) is 16.8 Å². The highest BCUT2D eigenvalue weighted by Crippen LogP contribution is 2.32. The molecule has 0 N–H and O–H groups in total. The van der Waals surface area contributed by atoms with Crippen LogP contribution in [-0.4, -0.2) is 15.2 Å². The first-order valence-electron chi connectivity index (χ1n) is 4.46. The van der Waals surface area contributed by atoms with Gasteiger partial charge in [0.25, 0.3) is 0 Å². The third kappa shape index (κ3) is 2.64. The molecule has 0 fully saturated rings. The van der Waals surface area contributed by atoms with Crippen molar-refractivity contribution >= 4 is 35.0 Å². The SMILES string of the molecule is Cc1ccccc1Sc1nc(Cl)nnc1Cl. The highest BCUT2D eigenvalue weighted by molar-refractivity contribution is 7.99. The van der Waals surface area contributed by atoms with E-state index in [4.69, 9.17) is 23.2 Å². The van der Waals surface area contributed by atoms with Gasteiger partial charge in [-0.3, -0.25) is 0 Å². The van der Waals surface area contributed by atoms with Gasteiger partial charge in [0.1, 0.15) is 5.03 Å². The fraction of sp³-hybridized carbons (Fsp3) is 0.100. The largest absolute Gasteiger partial charge is 0.244 e. The van der Waals surface area contributed by atoms with Crippen LogP contribution in [0.25, 0.3) is 0 Å². The van der Waals surface area contributed by atoms with Gasteiger partial charge in [0.2, 0.25) is 5.28 Å². The molecule has 0 radical (unpaired) electrons. The van der Waals surface area contributed by atoms with Gasteiger partial charge in [0.15, 0.2) is 5.15 Å². The summed E-state index contributed by atoms with van der Waals surface area (Å²) in [5, 5.41) is 8.19. The summed E-state index contributed by atoms with van der Waals surface area (Å²) in [5.41, 5.74) is 1.15. The van der Waals surface area contributed by atoms with E-state index in [2.05, 4.69) is 15.2 Å². The second-order valence-electron chi connectivity index (χ2n) is 3.04. The van der Waals surface area contributed by atoms with Gasteiger partial charge in [-0.05, 0) is 30.2 Å². The van der Waals surface area contributed by atoms with Crippen LogP contribution in [0.1, 0.15) is 5.56 Å². The molecular weight excluding hydrogens is 265 g/mol. The number of aryl methyl sites for hydroxylation is 1. The van der Waals surface area contributed by atoms with E-state index in [0.717, 1.165) is 10.5 Å². The van der Waals surface area contributed by atoms with Crippen molar-refractivity contribution in [1.82, 2.24) is 15.2 Å². The zero-order valence-corrected chi connectivity index (χ0v) is 10.6. The minimum atomic E-state index is 0.0977. The van der Waals surface area contributed by atoms with Crippen LogP contribution in [0, 0.1) is 6.92 Å². The minimum Gasteiger partial charge on any atom is -0.206 e. The number of benzene rings is 1. The predicted molar refractivity (Wildman–Crippen MR) is 65.1 cm³/mol. The van der Waals surface area contributed by atoms with Crippen LogP contribution in [0.4, 0.5) is 0 Å². The first-order valence-corrected chi connectivity index (χ1v) is 6.03. The quantitative estimate of drug-likeness (QED) is 0.836. The summed E-state index contributed by atoms with van der Waals surface area (Å²) < 4.78 is 0. The fourth-order valence-corrected chi connectivity index (χ4v) is 2.33. The van der Waals surface area contributed by atoms with Gasteiger partial charge in [-0.2, -0.15) is 0 Å². The summed E-state index contributed by atoms with van der Waals surface area (Å²) in [6.45, 7) is 2.02. The Morgan fingerprint density at radius 2 is 1.88 bits per heavy atom. The zero-order chi connectivity index (χ0) is 11.5. The maximum atomic E-state index is 5.88. The molecule has 0 saturated heterocycles. The normalized spacial score (nSPS) is 10.4. The van der Waals surface area contributed by atoms with E-state index in [1.165, 1.54) is 11.8 Å². The minimum absolute atomic E-state index is 0.0977. The molecule has 1 aromatic carbocycles. The fourth-order valence-electron chi connectivity index (χ4n) is 1.12. The van der Waals surface area contributed by atoms with Crippen molar-refractivity contribution in [2.24, 2.45) is 0 Å². The third-order valence-electron chi connectivity index (χ3n) is 1.89. The summed E-state index contributed by atoms with van der Waals surface area (Å²) >= 11 is 13.0. The topological polar surface area (TPSA) is 38.7 Å². The summed E-state index contributed by atoms with van der Waals surface area (Å²) in [4.78, 5) is 5.10. The van der Waals surface area contributed by atoms with Crippen LogP contribution in [-0.2, 0) is 0 Å². The number of nitrogens with zero attached hydrogens (tertiary/aromatic N) is 3. The molecule has 16 heavy (non-hydrogen) atoms. The van der Waals surface area contributed by atoms with Crippen LogP contribution >= 0.6 is 35.0 Å². The zero-order valence-electron chi connectivity index (χ0n) is 8.32. The maximum absolute atomic E-state index is 5.88. The standard InChI is InChI=1S/C10H7Cl2N3S/c1-6-4-2-3-5-7(6)16-9-8(11)14-15-10(12)13-9/h2-5H,1H3. The highest BCUT2D eigenvalue weighted by Gasteiger charge is 2.09. The summed E-state index contributed by atoms with van der Waals surface area (Å²) in [5.74, 6) is 0. The highest BCUT2D eigenvalue weighted by atomic mass is 35.5. The number of hydrogen-bond acceptors (Lipinski definition) is 4. The molecule has 0 aliphatic carbocycles. The molecule has 2 rings (SSSR count). The molecule has 0 aliphatic rings. The van der Waals surface area contributed by atoms with Gasteiger partial charge in [-0.25, -0.2) is 4.98 Å². The molecule has 0 amide bonds. The van der Waals surface area contributed by atoms with E-state index < -0.39 is 0 Å². The van der Waals surface area contributed by atoms with E-state index in [0.29, 0.717) is 5.03 Å². The lowest BCUT2D eigenvalue weighted by Crippen LogP contribution is -1.91. The molecule has 2 aromatic rings. The maximum Gasteiger partial charge on any atom is 0.244 e. The Morgan fingerprint density at radius 3 is 2.62 bits per heavy atom. The number of rotatable bonds is 2. The first-order chi connectivity index (χ1) is 7.66. The third-order valence-corrected chi connectivity index (χ3v) is 3.57. The van der Waals surface area contributed by atoms with Crippen LogP contribution < -0.4 is 0 Å². The van der Waals surface area contributed by atoms with Crippen molar-refractivity contribution in [3.8, 4) is 0 Å². The van der Waals surface area contributed by atoms with Crippen LogP contribution in [0.15, 0.2) is 34.2 Å². The van der Waals surface area contributed by atoms with Gasteiger partial charge in [-0.1, -0.05) is 41.6 Å². The first kappa shape index (κ1) is 11.6. The molecule has 0 bridgehead atoms. The van der Waals surface area contributed by atoms with E-state index in [1.807, 2.05) is 31.2 Å². The average Bonchev–Trinajstić information content (AvgIpc) is 2.27. The van der Waals surface area contributed by atoms with E-state index >= 15 is 0 Å². The molecule has 0 aliphatic heterocycles. The average molecular weight is 272 g/mol. The van der Waals surface area contributed by atoms with Crippen LogP contribution in [0.3, 0.4) is 0 Å². The van der Waals surface area contributed by atoms with Gasteiger partial charge >= 0.3 is 0 Å². The Kier molecular flexibility index (Phi) is 3.63. The van der Waals surface area contributed by atoms with Crippen LogP contribution in [0.5, 0.6) is 0 Å². The monoisotopic (exact) mass is 271 g/mol. The summed E-state index contributed by atoms with van der Waals surface area (Å²) in [6.07, 6.45) is 0. The molecule has 0 unspecified atom stereocenters. The van der Waals surface area contributed by atoms with E-state index in [9.17, 15) is 0 Å². The lowest BCUT2D eigenvalue weighted by molar-refractivity contribution is 0.904. The van der Waals surface area contributed by atoms with Crippen molar-refractivity contribution in [1.29, 1.82) is 0 Å². The lowest BCUT2D eigenvalue weighted by Gasteiger charge is -2.04. The Labute approximate surface area is 107 Å². The molecule has 1 heterocycles. The van der Waals surface area contributed by atoms with Gasteiger partial charge < -0.3 is 0 Å². The van der Waals surface area contributed by atoms with Gasteiger partial charge in [0.05, 0.1) is 0 Å². The molecule has 1 aromatic heterocycles. The molecule has 0 spiro atoms. The molecule has 0 atom stereocenters. The predicted octanol–water partition coefficient (Wildman–Crippen LogP) is 3.64. The summed E-state index contributed by atoms with van der Waals surface area (Å²) in [7, 11) is 0. The molecule has 3 nitrogen and oxygen atoms in total. The van der Waals surface area contributed by atoms with E-state index in [1.54, 1.807) is 0 Å². The Morgan fingerprint density at radius 1 is 1.12 bits per heavy atom. The Bertz CT molecular complexity index is 519. The number of hydrogen-bond donors (Lipinski definition) is 0. The second kappa shape index (κ2) is 4.99. The van der Waals surface area contributed by atoms with Crippen molar-refractivity contribution in [3.63, 3.8) is 0 Å². The Hall–Kier alpha value is -0.840. The van der Waals surface area contributed by atoms with Crippen LogP contribution in [0.2, 0.25) is 10.4 Å². The summed E-state index contributed by atoms with van der Waals surface area (Å²) in [6, 6.07) is 7.95. The molecule has 6 heteroatoms. The number of aromatic nitrogens is 3. The molecule has 0 saturated carbocycles. The van der Waals surface area contributed by atoms with Crippen molar-refractivity contribution in [3.05, 3.63) is 40.3 Å². The molecule has 82 valence electrons. The van der Waals surface area contributed by atoms with Crippen molar-refractivity contribution in [2.75, 3.05) is 0 Å². The van der Waals surface area contributed by atoms with Gasteiger partial charge in [-0.15, -0.1) is 10.2 Å². The van der Waals surface area contributed by atoms with Gasteiger partial charge in [0, 0.05) is 4.90 Å². The lowest BCUT2D eigenvalue weighted by atomic mass is 10.2. The van der Waals surface area contributed by atoms with Crippen molar-refractivity contribution < 1.29 is 0 Å².